The Kier molecular flexibility index (Phi) is 3.75. The van der Waals surface area contributed by atoms with E-state index in [2.05, 4.69) is 33.7 Å². The highest BCUT2D eigenvalue weighted by atomic mass is 32.1. The van der Waals surface area contributed by atoms with E-state index in [1.165, 1.54) is 0 Å². The Morgan fingerprint density at radius 1 is 1.00 bits per heavy atom. The van der Waals surface area contributed by atoms with Gasteiger partial charge in [0.2, 0.25) is 0 Å². The lowest BCUT2D eigenvalue weighted by Crippen LogP contribution is -2.18. The van der Waals surface area contributed by atoms with Crippen LogP contribution in [0.5, 0.6) is 0 Å². The highest BCUT2D eigenvalue weighted by molar-refractivity contribution is 7.80. The highest BCUT2D eigenvalue weighted by Crippen LogP contribution is 2.04. The number of nitrogens with zero attached hydrogens (tertiary/aromatic N) is 2. The molecule has 0 atom stereocenters. The van der Waals surface area contributed by atoms with Gasteiger partial charge < -0.3 is 11.5 Å². The largest absolute Gasteiger partial charge is 0.377 e. The number of fused-ring (bicyclic) bond motifs is 1. The number of nitrogens with two attached hydrogens (primary N) is 2. The maximum atomic E-state index is 4.62. The lowest BCUT2D eigenvalue weighted by Gasteiger charge is -1.90. The lowest BCUT2D eigenvalue weighted by atomic mass is 10.3. The average molecular weight is 206 g/mol. The van der Waals surface area contributed by atoms with Crippen molar-refractivity contribution in [2.75, 3.05) is 0 Å². The van der Waals surface area contributed by atoms with E-state index < -0.39 is 0 Å². The molecule has 0 fully saturated rings. The number of rotatable bonds is 0. The van der Waals surface area contributed by atoms with Crippen LogP contribution >= 0.6 is 12.2 Å². The fourth-order valence-electron chi connectivity index (χ4n) is 0.910. The van der Waals surface area contributed by atoms with Gasteiger partial charge in [-0.2, -0.15) is 0 Å². The zero-order valence-electron chi connectivity index (χ0n) is 7.42. The van der Waals surface area contributed by atoms with Crippen molar-refractivity contribution in [1.29, 1.82) is 0 Å². The van der Waals surface area contributed by atoms with Gasteiger partial charge in [0.15, 0.2) is 5.11 Å². The van der Waals surface area contributed by atoms with Crippen molar-refractivity contribution in [2.24, 2.45) is 11.5 Å². The molecule has 2 rings (SSSR count). The molecule has 1 aromatic carbocycles. The average Bonchev–Trinajstić information content (AvgIpc) is 2.17. The second kappa shape index (κ2) is 5.08. The van der Waals surface area contributed by atoms with Crippen LogP contribution in [0, 0.1) is 0 Å². The number of hydrogen-bond acceptors (Lipinski definition) is 3. The first kappa shape index (κ1) is 10.3. The zero-order valence-corrected chi connectivity index (χ0v) is 8.24. The van der Waals surface area contributed by atoms with Gasteiger partial charge in [0.1, 0.15) is 0 Å². The van der Waals surface area contributed by atoms with E-state index in [9.17, 15) is 0 Å². The third-order valence-electron chi connectivity index (χ3n) is 1.38. The van der Waals surface area contributed by atoms with Gasteiger partial charge in [-0.15, -0.1) is 0 Å². The first-order valence-corrected chi connectivity index (χ1v) is 4.31. The van der Waals surface area contributed by atoms with Crippen LogP contribution in [0.3, 0.4) is 0 Å². The SMILES string of the molecule is NC(N)=S.c1ccc2nccnc2c1. The zero-order chi connectivity index (χ0) is 10.4. The van der Waals surface area contributed by atoms with Crippen LogP contribution in [0.2, 0.25) is 0 Å². The molecule has 4 N–H and O–H groups in total. The second-order valence-electron chi connectivity index (χ2n) is 2.45. The number of hydrogen-bond donors (Lipinski definition) is 2. The normalized spacial score (nSPS) is 8.86. The van der Waals surface area contributed by atoms with Crippen molar-refractivity contribution in [3.05, 3.63) is 36.7 Å². The van der Waals surface area contributed by atoms with E-state index in [1.54, 1.807) is 12.4 Å². The molecule has 0 saturated heterocycles. The number of thiocarbonyl (C=S) groups is 1. The smallest absolute Gasteiger partial charge is 0.160 e. The Morgan fingerprint density at radius 2 is 1.36 bits per heavy atom. The molecule has 1 heterocycles. The lowest BCUT2D eigenvalue weighted by molar-refractivity contribution is 1.29. The molecule has 0 amide bonds. The molecule has 0 radical (unpaired) electrons. The summed E-state index contributed by atoms with van der Waals surface area (Å²) in [5, 5.41) is 0.000000000000000222. The van der Waals surface area contributed by atoms with Crippen molar-refractivity contribution >= 4 is 28.4 Å². The maximum absolute atomic E-state index is 4.62. The maximum Gasteiger partial charge on any atom is 0.160 e. The predicted molar refractivity (Wildman–Crippen MR) is 60.5 cm³/mol. The minimum atomic E-state index is 0.000000000000000222. The third-order valence-corrected chi connectivity index (χ3v) is 1.38. The van der Waals surface area contributed by atoms with Crippen LogP contribution in [0.4, 0.5) is 0 Å². The number of para-hydroxylation sites is 2. The van der Waals surface area contributed by atoms with Crippen molar-refractivity contribution in [3.8, 4) is 0 Å². The summed E-state index contributed by atoms with van der Waals surface area (Å²) in [5.74, 6) is 0. The monoisotopic (exact) mass is 206 g/mol. The van der Waals surface area contributed by atoms with E-state index >= 15 is 0 Å². The molecule has 0 aliphatic heterocycles. The Bertz CT molecular complexity index is 360. The van der Waals surface area contributed by atoms with E-state index in [0.29, 0.717) is 0 Å². The molecule has 0 saturated carbocycles. The Labute approximate surface area is 87.0 Å². The summed E-state index contributed by atoms with van der Waals surface area (Å²) in [4.78, 5) is 8.24. The van der Waals surface area contributed by atoms with Crippen LogP contribution in [-0.4, -0.2) is 15.1 Å². The molecule has 72 valence electrons. The molecular weight excluding hydrogens is 196 g/mol. The van der Waals surface area contributed by atoms with Crippen molar-refractivity contribution in [3.63, 3.8) is 0 Å². The summed E-state index contributed by atoms with van der Waals surface area (Å²) in [5.41, 5.74) is 11.1. The van der Waals surface area contributed by atoms with Gasteiger partial charge >= 0.3 is 0 Å². The topological polar surface area (TPSA) is 77.8 Å². The van der Waals surface area contributed by atoms with Crippen LogP contribution in [0.25, 0.3) is 11.0 Å². The van der Waals surface area contributed by atoms with Gasteiger partial charge in [-0.25, -0.2) is 0 Å². The molecule has 5 heteroatoms. The van der Waals surface area contributed by atoms with Gasteiger partial charge in [-0.3, -0.25) is 9.97 Å². The molecule has 0 unspecified atom stereocenters. The molecular formula is C9H10N4S. The number of aromatic nitrogens is 2. The molecule has 4 nitrogen and oxygen atoms in total. The fraction of sp³-hybridized carbons (Fsp3) is 0. The van der Waals surface area contributed by atoms with E-state index in [0.717, 1.165) is 11.0 Å². The van der Waals surface area contributed by atoms with Gasteiger partial charge in [0.25, 0.3) is 0 Å². The molecule has 1 aromatic heterocycles. The van der Waals surface area contributed by atoms with Crippen LogP contribution in [0.1, 0.15) is 0 Å². The molecule has 14 heavy (non-hydrogen) atoms. The van der Waals surface area contributed by atoms with E-state index in [4.69, 9.17) is 0 Å². The molecule has 0 aliphatic rings. The summed E-state index contributed by atoms with van der Waals surface area (Å²) < 4.78 is 0. The van der Waals surface area contributed by atoms with Crippen molar-refractivity contribution in [2.45, 2.75) is 0 Å². The van der Waals surface area contributed by atoms with Crippen molar-refractivity contribution in [1.82, 2.24) is 9.97 Å². The van der Waals surface area contributed by atoms with Crippen LogP contribution in [0.15, 0.2) is 36.7 Å². The highest BCUT2D eigenvalue weighted by Gasteiger charge is 1.88. The first-order valence-electron chi connectivity index (χ1n) is 3.91. The summed E-state index contributed by atoms with van der Waals surface area (Å²) in [6, 6.07) is 7.80. The molecule has 0 aliphatic carbocycles. The minimum Gasteiger partial charge on any atom is -0.377 e. The summed E-state index contributed by atoms with van der Waals surface area (Å²) in [7, 11) is 0. The summed E-state index contributed by atoms with van der Waals surface area (Å²) in [6.45, 7) is 0. The Balaban J connectivity index is 0.000000213. The number of benzene rings is 1. The van der Waals surface area contributed by atoms with E-state index in [1.807, 2.05) is 24.3 Å². The van der Waals surface area contributed by atoms with E-state index in [-0.39, 0.29) is 5.11 Å². The fourth-order valence-corrected chi connectivity index (χ4v) is 0.910. The Hall–Kier alpha value is -1.75. The minimum absolute atomic E-state index is 0.000000000000000222. The third kappa shape index (κ3) is 3.32. The summed E-state index contributed by atoms with van der Waals surface area (Å²) in [6.07, 6.45) is 3.39. The predicted octanol–water partition coefficient (Wildman–Crippen LogP) is 0.818. The van der Waals surface area contributed by atoms with Gasteiger partial charge in [0.05, 0.1) is 11.0 Å². The standard InChI is InChI=1S/C8H6N2.CH4N2S/c1-2-4-8-7(3-1)9-5-6-10-8;2-1(3)4/h1-6H;(H4,2,3,4). The molecule has 0 spiro atoms. The van der Waals surface area contributed by atoms with Gasteiger partial charge in [-0.05, 0) is 24.4 Å². The van der Waals surface area contributed by atoms with Crippen molar-refractivity contribution < 1.29 is 0 Å². The molecule has 0 bridgehead atoms. The second-order valence-corrected chi connectivity index (χ2v) is 2.92. The first-order chi connectivity index (χ1) is 6.70. The van der Waals surface area contributed by atoms with Crippen LogP contribution in [-0.2, 0) is 0 Å². The molecule has 2 aromatic rings. The van der Waals surface area contributed by atoms with Gasteiger partial charge in [0, 0.05) is 12.4 Å². The quantitative estimate of drug-likeness (QED) is 0.624. The van der Waals surface area contributed by atoms with Crippen LogP contribution < -0.4 is 11.5 Å². The summed E-state index contributed by atoms with van der Waals surface area (Å²) >= 11 is 4.09. The Morgan fingerprint density at radius 3 is 1.71 bits per heavy atom. The van der Waals surface area contributed by atoms with Gasteiger partial charge in [-0.1, -0.05) is 12.1 Å².